The van der Waals surface area contributed by atoms with Gasteiger partial charge in [-0.3, -0.25) is 19.4 Å². The fraction of sp³-hybridized carbons (Fsp3) is 0.517. The molecule has 3 N–H and O–H groups in total. The number of hydrogen-bond donors (Lipinski definition) is 3. The predicted octanol–water partition coefficient (Wildman–Crippen LogP) is 6.80. The lowest BCUT2D eigenvalue weighted by atomic mass is 9.88. The number of rotatable bonds is 11. The summed E-state index contributed by atoms with van der Waals surface area (Å²) in [7, 11) is 6.73. The Morgan fingerprint density at radius 2 is 1.04 bits per heavy atom. The zero-order valence-electron chi connectivity index (χ0n) is 48.9. The summed E-state index contributed by atoms with van der Waals surface area (Å²) in [6.45, 7) is 21.3. The van der Waals surface area contributed by atoms with E-state index in [2.05, 4.69) is 25.4 Å². The third kappa shape index (κ3) is 14.3. The Morgan fingerprint density at radius 3 is 1.41 bits per heavy atom. The maximum absolute atomic E-state index is 13.3. The maximum Gasteiger partial charge on any atom is 0.410 e. The van der Waals surface area contributed by atoms with E-state index < -0.39 is 22.8 Å². The first-order valence-electron chi connectivity index (χ1n) is 27.1. The predicted molar refractivity (Wildman–Crippen MR) is 302 cm³/mol. The van der Waals surface area contributed by atoms with Crippen LogP contribution in [0.1, 0.15) is 103 Å². The molecule has 81 heavy (non-hydrogen) atoms. The van der Waals surface area contributed by atoms with E-state index in [-0.39, 0.29) is 54.9 Å². The molecule has 6 aromatic heterocycles. The molecular formula is C58H77FN12O10. The normalized spacial score (nSPS) is 18.6. The van der Waals surface area contributed by atoms with Crippen molar-refractivity contribution in [2.45, 2.75) is 129 Å². The molecule has 436 valence electrons. The van der Waals surface area contributed by atoms with Gasteiger partial charge in [0.15, 0.2) is 0 Å². The number of amides is 4. The summed E-state index contributed by atoms with van der Waals surface area (Å²) in [5.74, 6) is 0.836. The molecule has 0 aromatic carbocycles. The Labute approximate surface area is 471 Å². The minimum Gasteiger partial charge on any atom is -0.489 e. The molecule has 4 amide bonds. The first-order chi connectivity index (χ1) is 37.8. The summed E-state index contributed by atoms with van der Waals surface area (Å²) < 4.78 is 38.9. The third-order valence-electron chi connectivity index (χ3n) is 13.5. The molecule has 0 spiro atoms. The van der Waals surface area contributed by atoms with E-state index in [1.807, 2.05) is 69.5 Å². The highest BCUT2D eigenvalue weighted by Gasteiger charge is 2.49. The Bertz CT molecular complexity index is 3220. The van der Waals surface area contributed by atoms with Crippen LogP contribution in [0.5, 0.6) is 11.5 Å². The van der Waals surface area contributed by atoms with Crippen LogP contribution in [0, 0.1) is 5.95 Å². The average molecular weight is 1120 g/mol. The Balaban J connectivity index is 0.000000179. The van der Waals surface area contributed by atoms with Crippen molar-refractivity contribution in [1.29, 1.82) is 0 Å². The number of halogens is 1. The lowest BCUT2D eigenvalue weighted by molar-refractivity contribution is -0.0440. The summed E-state index contributed by atoms with van der Waals surface area (Å²) in [6.07, 6.45) is 11.2. The van der Waals surface area contributed by atoms with Gasteiger partial charge in [0, 0.05) is 101 Å². The largest absolute Gasteiger partial charge is 0.489 e. The second kappa shape index (κ2) is 23.1. The molecule has 6 aromatic rings. The highest BCUT2D eigenvalue weighted by atomic mass is 19.1. The molecule has 4 atom stereocenters. The monoisotopic (exact) mass is 1120 g/mol. The average Bonchev–Trinajstić information content (AvgIpc) is 4.11. The Hall–Kier alpha value is -7.63. The van der Waals surface area contributed by atoms with Crippen LogP contribution < -0.4 is 19.7 Å². The van der Waals surface area contributed by atoms with Crippen molar-refractivity contribution in [3.8, 4) is 33.8 Å². The van der Waals surface area contributed by atoms with Gasteiger partial charge in [-0.2, -0.15) is 14.6 Å². The standard InChI is InChI=1S/C29H38N6O5.C19H21FN4O3.C10H18N2O2/c1-28(2,3)40-27(37)35-19-10-20(35)15-33(14-19)24-9-8-18(12-30-24)22-11-21(39-17-29(4,5)38)16-34-25(22)23(13-31-34)26(36)32(6)7;1-19(2,26)11-27-13-7-14(12-5-6-16(20)21-8-12)17-15(18(25)23(3)4)9-22-24(17)10-13;1-10(2,3)14-9(13)12-7-4-8(12)6-11-5-7/h8-9,11-13,16,19-20,38H,10,14-15,17H2,1-7H3;5-10,26H,11H2,1-4H3;7-8,11H,4-6H2,1-3H3. The minimum atomic E-state index is -1.01. The van der Waals surface area contributed by atoms with Crippen LogP contribution in [-0.4, -0.2) is 197 Å². The Morgan fingerprint density at radius 1 is 0.617 bits per heavy atom. The number of carbonyl (C=O) groups excluding carboxylic acids is 4. The molecular weight excluding hydrogens is 1040 g/mol. The van der Waals surface area contributed by atoms with E-state index in [0.29, 0.717) is 70.0 Å². The second-order valence-corrected chi connectivity index (χ2v) is 24.7. The number of nitrogens with zero attached hydrogens (tertiary/aromatic N) is 11. The fourth-order valence-electron chi connectivity index (χ4n) is 9.88. The van der Waals surface area contributed by atoms with Gasteiger partial charge >= 0.3 is 12.2 Å². The molecule has 4 unspecified atom stereocenters. The number of pyridine rings is 4. The zero-order chi connectivity index (χ0) is 59.1. The van der Waals surface area contributed by atoms with Gasteiger partial charge in [-0.15, -0.1) is 0 Å². The lowest BCUT2D eigenvalue weighted by Crippen LogP contribution is -2.70. The van der Waals surface area contributed by atoms with Crippen molar-refractivity contribution < 1.29 is 52.7 Å². The van der Waals surface area contributed by atoms with Crippen LogP contribution in [0.2, 0.25) is 0 Å². The molecule has 0 aliphatic carbocycles. The molecule has 12 heterocycles. The highest BCUT2D eigenvalue weighted by Crippen LogP contribution is 2.38. The zero-order valence-corrected chi connectivity index (χ0v) is 48.9. The number of piperazine rings is 2. The number of carbonyl (C=O) groups is 4. The fourth-order valence-corrected chi connectivity index (χ4v) is 9.88. The van der Waals surface area contributed by atoms with E-state index >= 15 is 0 Å². The van der Waals surface area contributed by atoms with Crippen LogP contribution in [0.4, 0.5) is 19.8 Å². The van der Waals surface area contributed by atoms with Crippen LogP contribution in [0.15, 0.2) is 73.6 Å². The van der Waals surface area contributed by atoms with E-state index in [1.165, 1.54) is 32.8 Å². The molecule has 0 radical (unpaired) electrons. The van der Waals surface area contributed by atoms with Gasteiger partial charge in [0.2, 0.25) is 5.95 Å². The van der Waals surface area contributed by atoms with E-state index in [9.17, 15) is 33.8 Å². The van der Waals surface area contributed by atoms with Crippen molar-refractivity contribution in [3.63, 3.8) is 0 Å². The topological polar surface area (TPSA) is 234 Å². The number of aromatic nitrogens is 6. The van der Waals surface area contributed by atoms with Crippen LogP contribution in [-0.2, 0) is 9.47 Å². The van der Waals surface area contributed by atoms with Gasteiger partial charge in [0.1, 0.15) is 41.7 Å². The molecule has 0 saturated carbocycles. The van der Waals surface area contributed by atoms with Gasteiger partial charge in [0.25, 0.3) is 11.8 Å². The van der Waals surface area contributed by atoms with Crippen LogP contribution in [0.25, 0.3) is 33.3 Å². The second-order valence-electron chi connectivity index (χ2n) is 24.7. The molecule has 22 nitrogen and oxygen atoms in total. The van der Waals surface area contributed by atoms with E-state index in [0.717, 1.165) is 42.9 Å². The summed E-state index contributed by atoms with van der Waals surface area (Å²) in [6, 6.07) is 11.3. The lowest BCUT2D eigenvalue weighted by Gasteiger charge is -2.56. The van der Waals surface area contributed by atoms with Crippen molar-refractivity contribution in [2.75, 3.05) is 72.5 Å². The number of fused-ring (bicyclic) bond motifs is 6. The number of nitrogens with one attached hydrogen (secondary N) is 1. The number of hydrogen-bond acceptors (Lipinski definition) is 16. The third-order valence-corrected chi connectivity index (χ3v) is 13.5. The number of anilines is 1. The van der Waals surface area contributed by atoms with Crippen LogP contribution >= 0.6 is 0 Å². The molecule has 6 aliphatic rings. The van der Waals surface area contributed by atoms with Gasteiger partial charge in [-0.1, -0.05) is 0 Å². The van der Waals surface area contributed by atoms with E-state index in [1.54, 1.807) is 97.3 Å². The highest BCUT2D eigenvalue weighted by molar-refractivity contribution is 6.05. The van der Waals surface area contributed by atoms with Gasteiger partial charge in [0.05, 0.1) is 70.2 Å². The van der Waals surface area contributed by atoms with Gasteiger partial charge in [-0.25, -0.2) is 28.6 Å². The molecule has 6 saturated heterocycles. The summed E-state index contributed by atoms with van der Waals surface area (Å²) in [5, 5.41) is 32.0. The summed E-state index contributed by atoms with van der Waals surface area (Å²) >= 11 is 0. The number of aliphatic hydroxyl groups is 2. The molecule has 12 rings (SSSR count). The van der Waals surface area contributed by atoms with Crippen molar-refractivity contribution in [2.24, 2.45) is 0 Å². The van der Waals surface area contributed by atoms with Crippen molar-refractivity contribution >= 4 is 40.9 Å². The molecule has 23 heteroatoms. The quantitative estimate of drug-likeness (QED) is 0.113. The number of piperidine rings is 2. The van der Waals surface area contributed by atoms with Gasteiger partial charge < -0.3 is 49.2 Å². The summed E-state index contributed by atoms with van der Waals surface area (Å²) in [5.41, 5.74) is 1.95. The minimum absolute atomic E-state index is 0.0738. The molecule has 6 fully saturated rings. The van der Waals surface area contributed by atoms with Gasteiger partial charge in [-0.05, 0) is 118 Å². The SMILES string of the molecule is CC(C)(C)OC(=O)N1C2CNCC1C2.CN(C)C(=O)c1cnn2cc(OCC(C)(C)O)cc(-c3ccc(F)nc3)c12.CN(C)C(=O)c1cnn2cc(OCC(C)(C)O)cc(-c3ccc(N4CC5CC(C4)N5C(=O)OC(C)(C)C)nc3)c12. The first-order valence-corrected chi connectivity index (χ1v) is 27.1. The number of ether oxygens (including phenoxy) is 4. The Kier molecular flexibility index (Phi) is 17.0. The molecule has 4 bridgehead atoms. The molecule has 6 aliphatic heterocycles. The maximum atomic E-state index is 13.3. The van der Waals surface area contributed by atoms with Crippen LogP contribution in [0.3, 0.4) is 0 Å². The first kappa shape index (κ1) is 59.5. The van der Waals surface area contributed by atoms with Crippen molar-refractivity contribution in [1.82, 2.24) is 54.1 Å². The summed E-state index contributed by atoms with van der Waals surface area (Å²) in [4.78, 5) is 67.2. The van der Waals surface area contributed by atoms with Crippen molar-refractivity contribution in [3.05, 3.63) is 90.7 Å². The smallest absolute Gasteiger partial charge is 0.410 e. The van der Waals surface area contributed by atoms with E-state index in [4.69, 9.17) is 23.9 Å².